The van der Waals surface area contributed by atoms with Crippen LogP contribution in [0.3, 0.4) is 0 Å². The Morgan fingerprint density at radius 2 is 1.37 bits per heavy atom. The van der Waals surface area contributed by atoms with Gasteiger partial charge in [0, 0.05) is 0 Å². The van der Waals surface area contributed by atoms with E-state index in [0.717, 1.165) is 18.8 Å². The van der Waals surface area contributed by atoms with Crippen molar-refractivity contribution in [1.82, 2.24) is 0 Å². The number of rotatable bonds is 6. The van der Waals surface area contributed by atoms with Gasteiger partial charge < -0.3 is 14.6 Å². The summed E-state index contributed by atoms with van der Waals surface area (Å²) in [4.78, 5) is 0. The van der Waals surface area contributed by atoms with E-state index in [1.54, 1.807) is 0 Å². The first-order valence-corrected chi connectivity index (χ1v) is 13.3. The Morgan fingerprint density at radius 3 is 1.90 bits per heavy atom. The van der Waals surface area contributed by atoms with Crippen LogP contribution in [0.5, 0.6) is 0 Å². The fraction of sp³-hybridized carbons (Fsp3) is 1.00. The highest BCUT2D eigenvalue weighted by Crippen LogP contribution is 2.63. The van der Waals surface area contributed by atoms with E-state index in [0.29, 0.717) is 53.5 Å². The van der Waals surface area contributed by atoms with Crippen molar-refractivity contribution >= 4 is 0 Å². The van der Waals surface area contributed by atoms with Crippen LogP contribution in [0, 0.1) is 40.4 Å². The van der Waals surface area contributed by atoms with E-state index >= 15 is 0 Å². The van der Waals surface area contributed by atoms with Crippen LogP contribution in [-0.4, -0.2) is 35.6 Å². The highest BCUT2D eigenvalue weighted by atomic mass is 16.5. The molecule has 1 saturated carbocycles. The second-order valence-electron chi connectivity index (χ2n) is 12.4. The van der Waals surface area contributed by atoms with Gasteiger partial charge in [-0.15, -0.1) is 0 Å². The minimum atomic E-state index is -0.125. The topological polar surface area (TPSA) is 38.7 Å². The highest BCUT2D eigenvalue weighted by Gasteiger charge is 2.62. The SMILES string of the molecule is CCC(C)(C1CC(C)CCC1O)C1CC2CC(C(C)(CC)C3CC4CCC3O4)C1O2. The molecule has 0 spiro atoms. The van der Waals surface area contributed by atoms with Crippen LogP contribution in [0.15, 0.2) is 0 Å². The average molecular weight is 419 g/mol. The van der Waals surface area contributed by atoms with Crippen molar-refractivity contribution in [2.45, 2.75) is 129 Å². The number of hydrogen-bond acceptors (Lipinski definition) is 3. The summed E-state index contributed by atoms with van der Waals surface area (Å²) >= 11 is 0. The number of aliphatic hydroxyl groups excluding tert-OH is 1. The molecule has 0 aromatic heterocycles. The maximum absolute atomic E-state index is 11.0. The first kappa shape index (κ1) is 21.7. The molecule has 0 aromatic carbocycles. The van der Waals surface area contributed by atoms with Crippen LogP contribution in [0.1, 0.15) is 98.8 Å². The maximum atomic E-state index is 11.0. The molecular formula is C27H46O3. The normalized spacial score (nSPS) is 51.8. The monoisotopic (exact) mass is 418 g/mol. The fourth-order valence-electron chi connectivity index (χ4n) is 9.03. The Bertz CT molecular complexity index is 636. The summed E-state index contributed by atoms with van der Waals surface area (Å²) in [6.07, 6.45) is 13.8. The van der Waals surface area contributed by atoms with E-state index in [1.807, 2.05) is 0 Å². The third-order valence-electron chi connectivity index (χ3n) is 11.3. The number of ether oxygens (including phenoxy) is 2. The van der Waals surface area contributed by atoms with Crippen molar-refractivity contribution in [2.75, 3.05) is 0 Å². The van der Waals surface area contributed by atoms with Crippen molar-refractivity contribution in [1.29, 1.82) is 0 Å². The zero-order valence-electron chi connectivity index (χ0n) is 20.1. The number of hydrogen-bond donors (Lipinski definition) is 1. The molecule has 4 heterocycles. The van der Waals surface area contributed by atoms with E-state index in [-0.39, 0.29) is 11.5 Å². The van der Waals surface area contributed by atoms with Gasteiger partial charge in [-0.1, -0.05) is 34.6 Å². The molecule has 3 nitrogen and oxygen atoms in total. The van der Waals surface area contributed by atoms with E-state index in [2.05, 4.69) is 34.6 Å². The molecule has 4 bridgehead atoms. The summed E-state index contributed by atoms with van der Waals surface area (Å²) in [6, 6.07) is 0. The summed E-state index contributed by atoms with van der Waals surface area (Å²) in [5.74, 6) is 3.14. The third-order valence-corrected chi connectivity index (χ3v) is 11.3. The van der Waals surface area contributed by atoms with Crippen LogP contribution in [0.25, 0.3) is 0 Å². The van der Waals surface area contributed by atoms with E-state index < -0.39 is 0 Å². The van der Waals surface area contributed by atoms with Crippen LogP contribution in [0.2, 0.25) is 0 Å². The van der Waals surface area contributed by atoms with Gasteiger partial charge in [0.25, 0.3) is 0 Å². The second-order valence-corrected chi connectivity index (χ2v) is 12.4. The van der Waals surface area contributed by atoms with Gasteiger partial charge in [-0.05, 0) is 105 Å². The van der Waals surface area contributed by atoms with Crippen molar-refractivity contribution < 1.29 is 14.6 Å². The fourth-order valence-corrected chi connectivity index (χ4v) is 9.03. The molecule has 1 aliphatic carbocycles. The lowest BCUT2D eigenvalue weighted by Gasteiger charge is -2.53. The van der Waals surface area contributed by atoms with Gasteiger partial charge in [0.05, 0.1) is 30.5 Å². The molecule has 12 unspecified atom stereocenters. The van der Waals surface area contributed by atoms with Gasteiger partial charge in [0.15, 0.2) is 0 Å². The van der Waals surface area contributed by atoms with Gasteiger partial charge in [0.1, 0.15) is 0 Å². The quantitative estimate of drug-likeness (QED) is 0.577. The van der Waals surface area contributed by atoms with Crippen molar-refractivity contribution in [3.8, 4) is 0 Å². The first-order chi connectivity index (χ1) is 14.3. The van der Waals surface area contributed by atoms with E-state index in [4.69, 9.17) is 9.47 Å². The summed E-state index contributed by atoms with van der Waals surface area (Å²) in [5.41, 5.74) is 0.511. The molecule has 172 valence electrons. The second kappa shape index (κ2) is 7.73. The van der Waals surface area contributed by atoms with Gasteiger partial charge >= 0.3 is 0 Å². The summed E-state index contributed by atoms with van der Waals surface area (Å²) in [7, 11) is 0. The molecule has 5 fully saturated rings. The van der Waals surface area contributed by atoms with Crippen LogP contribution in [-0.2, 0) is 9.47 Å². The minimum absolute atomic E-state index is 0.125. The van der Waals surface area contributed by atoms with Gasteiger partial charge in [0.2, 0.25) is 0 Å². The number of aliphatic hydroxyl groups is 1. The standard InChI is InChI=1S/C27H46O3/c1-6-26(4,19-12-16(3)8-10-23(19)28)21-14-18-15-22(25(21)30-18)27(5,7-2)20-13-17-9-11-24(20)29-17/h16-25,28H,6-15H2,1-5H3. The molecule has 5 rings (SSSR count). The highest BCUT2D eigenvalue weighted by molar-refractivity contribution is 5.10. The summed E-state index contributed by atoms with van der Waals surface area (Å²) in [5, 5.41) is 11.0. The molecule has 5 aliphatic rings. The Morgan fingerprint density at radius 1 is 0.733 bits per heavy atom. The molecule has 12 atom stereocenters. The molecule has 4 aliphatic heterocycles. The molecule has 0 aromatic rings. The lowest BCUT2D eigenvalue weighted by molar-refractivity contribution is -0.0907. The lowest BCUT2D eigenvalue weighted by Crippen LogP contribution is -2.52. The Kier molecular flexibility index (Phi) is 5.60. The molecule has 3 heteroatoms. The summed E-state index contributed by atoms with van der Waals surface area (Å²) in [6.45, 7) is 12.3. The molecule has 1 N–H and O–H groups in total. The van der Waals surface area contributed by atoms with Gasteiger partial charge in [-0.25, -0.2) is 0 Å². The molecule has 0 amide bonds. The summed E-state index contributed by atoms with van der Waals surface area (Å²) < 4.78 is 13.1. The van der Waals surface area contributed by atoms with Crippen molar-refractivity contribution in [3.05, 3.63) is 0 Å². The van der Waals surface area contributed by atoms with Crippen LogP contribution >= 0.6 is 0 Å². The predicted molar refractivity (Wildman–Crippen MR) is 120 cm³/mol. The van der Waals surface area contributed by atoms with Crippen LogP contribution < -0.4 is 0 Å². The molecule has 4 saturated heterocycles. The predicted octanol–water partition coefficient (Wildman–Crippen LogP) is 5.98. The average Bonchev–Trinajstić information content (AvgIpc) is 3.54. The van der Waals surface area contributed by atoms with Gasteiger partial charge in [-0.3, -0.25) is 0 Å². The van der Waals surface area contributed by atoms with Crippen LogP contribution in [0.4, 0.5) is 0 Å². The largest absolute Gasteiger partial charge is 0.393 e. The smallest absolute Gasteiger partial charge is 0.0647 e. The van der Waals surface area contributed by atoms with E-state index in [1.165, 1.54) is 51.4 Å². The zero-order valence-corrected chi connectivity index (χ0v) is 20.1. The Hall–Kier alpha value is -0.120. The third kappa shape index (κ3) is 3.16. The maximum Gasteiger partial charge on any atom is 0.0647 e. The van der Waals surface area contributed by atoms with Gasteiger partial charge in [-0.2, -0.15) is 0 Å². The molecular weight excluding hydrogens is 372 g/mol. The Balaban J connectivity index is 1.41. The van der Waals surface area contributed by atoms with Crippen molar-refractivity contribution in [3.63, 3.8) is 0 Å². The molecule has 30 heavy (non-hydrogen) atoms. The number of fused-ring (bicyclic) bond motifs is 4. The lowest BCUT2D eigenvalue weighted by atomic mass is 9.51. The van der Waals surface area contributed by atoms with E-state index in [9.17, 15) is 5.11 Å². The minimum Gasteiger partial charge on any atom is -0.393 e. The Labute approximate surface area is 184 Å². The first-order valence-electron chi connectivity index (χ1n) is 13.3. The zero-order chi connectivity index (χ0) is 21.3. The van der Waals surface area contributed by atoms with Crippen molar-refractivity contribution in [2.24, 2.45) is 40.4 Å². The molecule has 0 radical (unpaired) electrons.